The number of nitrogens with zero attached hydrogens (tertiary/aromatic N) is 4. The SMILES string of the molecule is Cc1ccc(-c2cc(C(=O)N3CCN(C(=O)c4cc(-c5ccc(C)s5)nc5ccccc45)CC3)c3ccccc3n2)s1. The van der Waals surface area contributed by atoms with Crippen LogP contribution in [0, 0.1) is 13.8 Å². The molecule has 5 heterocycles. The Morgan fingerprint density at radius 1 is 0.595 bits per heavy atom. The molecule has 0 radical (unpaired) electrons. The van der Waals surface area contributed by atoms with Gasteiger partial charge < -0.3 is 9.80 Å². The van der Waals surface area contributed by atoms with Crippen LogP contribution in [0.15, 0.2) is 84.9 Å². The van der Waals surface area contributed by atoms with Gasteiger partial charge in [-0.2, -0.15) is 0 Å². The van der Waals surface area contributed by atoms with Crippen LogP contribution in [0.3, 0.4) is 0 Å². The molecule has 6 aromatic rings. The summed E-state index contributed by atoms with van der Waals surface area (Å²) < 4.78 is 0. The lowest BCUT2D eigenvalue weighted by Crippen LogP contribution is -2.50. The number of fused-ring (bicyclic) bond motifs is 2. The first-order valence-corrected chi connectivity index (χ1v) is 15.6. The molecule has 6 nitrogen and oxygen atoms in total. The van der Waals surface area contributed by atoms with Crippen molar-refractivity contribution in [3.63, 3.8) is 0 Å². The molecule has 0 aliphatic carbocycles. The van der Waals surface area contributed by atoms with Gasteiger partial charge in [-0.3, -0.25) is 9.59 Å². The predicted molar refractivity (Wildman–Crippen MR) is 171 cm³/mol. The molecule has 0 bridgehead atoms. The summed E-state index contributed by atoms with van der Waals surface area (Å²) in [7, 11) is 0. The first kappa shape index (κ1) is 26.5. The Labute approximate surface area is 251 Å². The molecule has 1 saturated heterocycles. The van der Waals surface area contributed by atoms with Crippen LogP contribution < -0.4 is 0 Å². The Kier molecular flexibility index (Phi) is 6.80. The number of rotatable bonds is 4. The lowest BCUT2D eigenvalue weighted by atomic mass is 10.0. The number of para-hydroxylation sites is 2. The normalized spacial score (nSPS) is 13.7. The summed E-state index contributed by atoms with van der Waals surface area (Å²) in [4.78, 5) is 45.8. The van der Waals surface area contributed by atoms with E-state index in [-0.39, 0.29) is 11.8 Å². The number of carbonyl (C=O) groups is 2. The van der Waals surface area contributed by atoms with Crippen molar-refractivity contribution >= 4 is 56.3 Å². The first-order chi connectivity index (χ1) is 20.4. The monoisotopic (exact) mass is 588 g/mol. The largest absolute Gasteiger partial charge is 0.335 e. The fourth-order valence-electron chi connectivity index (χ4n) is 5.55. The molecule has 7 rings (SSSR count). The van der Waals surface area contributed by atoms with Crippen molar-refractivity contribution in [3.8, 4) is 21.1 Å². The van der Waals surface area contributed by atoms with E-state index in [4.69, 9.17) is 9.97 Å². The standard InChI is InChI=1S/C34H28N4O2S2/c1-21-11-13-31(41-21)29-19-25(23-7-3-5-9-27(23)35-29)33(39)37-15-17-38(18-16-37)34(40)26-20-30(32-14-12-22(2)42-32)36-28-10-6-4-8-24(26)28/h3-14,19-20H,15-18H2,1-2H3. The molecular weight excluding hydrogens is 561 g/mol. The summed E-state index contributed by atoms with van der Waals surface area (Å²) in [6.07, 6.45) is 0. The quantitative estimate of drug-likeness (QED) is 0.215. The smallest absolute Gasteiger partial charge is 0.254 e. The van der Waals surface area contributed by atoms with Gasteiger partial charge in [-0.25, -0.2) is 9.97 Å². The van der Waals surface area contributed by atoms with Gasteiger partial charge in [-0.05, 0) is 62.4 Å². The molecule has 2 aromatic carbocycles. The molecule has 208 valence electrons. The van der Waals surface area contributed by atoms with E-state index in [1.54, 1.807) is 22.7 Å². The molecule has 2 amide bonds. The van der Waals surface area contributed by atoms with Gasteiger partial charge in [0.15, 0.2) is 0 Å². The van der Waals surface area contributed by atoms with Crippen LogP contribution in [0.2, 0.25) is 0 Å². The van der Waals surface area contributed by atoms with Crippen LogP contribution in [-0.2, 0) is 0 Å². The number of pyridine rings is 2. The van der Waals surface area contributed by atoms with Gasteiger partial charge in [0, 0.05) is 46.7 Å². The third kappa shape index (κ3) is 4.86. The van der Waals surface area contributed by atoms with Crippen molar-refractivity contribution in [1.29, 1.82) is 0 Å². The summed E-state index contributed by atoms with van der Waals surface area (Å²) in [5, 5.41) is 1.69. The second kappa shape index (κ2) is 10.8. The Balaban J connectivity index is 1.15. The molecule has 0 unspecified atom stereocenters. The average molecular weight is 589 g/mol. The molecule has 0 saturated carbocycles. The molecule has 0 spiro atoms. The van der Waals surface area contributed by atoms with Gasteiger partial charge in [0.2, 0.25) is 0 Å². The summed E-state index contributed by atoms with van der Waals surface area (Å²) in [5.41, 5.74) is 4.53. The van der Waals surface area contributed by atoms with E-state index >= 15 is 0 Å². The third-order valence-electron chi connectivity index (χ3n) is 7.73. The Morgan fingerprint density at radius 2 is 1.00 bits per heavy atom. The first-order valence-electron chi connectivity index (χ1n) is 14.0. The number of benzene rings is 2. The molecule has 0 N–H and O–H groups in total. The minimum atomic E-state index is -0.0278. The fourth-order valence-corrected chi connectivity index (χ4v) is 7.21. The number of thiophene rings is 2. The highest BCUT2D eigenvalue weighted by Crippen LogP contribution is 2.32. The van der Waals surface area contributed by atoms with E-state index < -0.39 is 0 Å². The molecule has 8 heteroatoms. The van der Waals surface area contributed by atoms with Gasteiger partial charge in [-0.15, -0.1) is 22.7 Å². The zero-order valence-corrected chi connectivity index (χ0v) is 25.0. The van der Waals surface area contributed by atoms with E-state index in [9.17, 15) is 9.59 Å². The lowest BCUT2D eigenvalue weighted by Gasteiger charge is -2.35. The zero-order chi connectivity index (χ0) is 28.8. The Bertz CT molecular complexity index is 1840. The summed E-state index contributed by atoms with van der Waals surface area (Å²) in [5.74, 6) is -0.0557. The van der Waals surface area contributed by atoms with E-state index in [0.29, 0.717) is 37.3 Å². The molecule has 0 atom stereocenters. The highest BCUT2D eigenvalue weighted by Gasteiger charge is 2.28. The Hall–Kier alpha value is -4.40. The van der Waals surface area contributed by atoms with Crippen molar-refractivity contribution < 1.29 is 9.59 Å². The molecular formula is C34H28N4O2S2. The molecule has 1 fully saturated rings. The van der Waals surface area contributed by atoms with E-state index in [2.05, 4.69) is 38.1 Å². The Morgan fingerprint density at radius 3 is 1.38 bits per heavy atom. The maximum Gasteiger partial charge on any atom is 0.254 e. The number of piperazine rings is 1. The number of aromatic nitrogens is 2. The minimum absolute atomic E-state index is 0.0278. The van der Waals surface area contributed by atoms with Crippen LogP contribution in [0.1, 0.15) is 30.5 Å². The summed E-state index contributed by atoms with van der Waals surface area (Å²) >= 11 is 3.35. The minimum Gasteiger partial charge on any atom is -0.335 e. The van der Waals surface area contributed by atoms with Crippen LogP contribution in [0.25, 0.3) is 42.9 Å². The maximum atomic E-state index is 13.9. The van der Waals surface area contributed by atoms with Crippen LogP contribution >= 0.6 is 22.7 Å². The highest BCUT2D eigenvalue weighted by molar-refractivity contribution is 7.15. The number of hydrogen-bond donors (Lipinski definition) is 0. The van der Waals surface area contributed by atoms with Crippen molar-refractivity contribution in [2.75, 3.05) is 26.2 Å². The summed E-state index contributed by atoms with van der Waals surface area (Å²) in [6.45, 7) is 6.01. The lowest BCUT2D eigenvalue weighted by molar-refractivity contribution is 0.0537. The van der Waals surface area contributed by atoms with Gasteiger partial charge in [0.25, 0.3) is 11.8 Å². The van der Waals surface area contributed by atoms with Crippen LogP contribution in [-0.4, -0.2) is 57.8 Å². The van der Waals surface area contributed by atoms with E-state index in [0.717, 1.165) is 42.9 Å². The predicted octanol–water partition coefficient (Wildman–Crippen LogP) is 7.46. The molecule has 4 aromatic heterocycles. The number of amides is 2. The third-order valence-corrected chi connectivity index (χ3v) is 9.78. The zero-order valence-electron chi connectivity index (χ0n) is 23.3. The van der Waals surface area contributed by atoms with Crippen LogP contribution in [0.5, 0.6) is 0 Å². The van der Waals surface area contributed by atoms with Gasteiger partial charge in [-0.1, -0.05) is 36.4 Å². The average Bonchev–Trinajstić information content (AvgIpc) is 3.67. The van der Waals surface area contributed by atoms with Crippen molar-refractivity contribution in [2.24, 2.45) is 0 Å². The molecule has 1 aliphatic rings. The van der Waals surface area contributed by atoms with Crippen molar-refractivity contribution in [1.82, 2.24) is 19.8 Å². The fraction of sp³-hybridized carbons (Fsp3) is 0.176. The van der Waals surface area contributed by atoms with E-state index in [1.807, 2.05) is 70.5 Å². The number of hydrogen-bond acceptors (Lipinski definition) is 6. The number of aryl methyl sites for hydroxylation is 2. The topological polar surface area (TPSA) is 66.4 Å². The van der Waals surface area contributed by atoms with Gasteiger partial charge in [0.1, 0.15) is 0 Å². The van der Waals surface area contributed by atoms with Crippen molar-refractivity contribution in [2.45, 2.75) is 13.8 Å². The highest BCUT2D eigenvalue weighted by atomic mass is 32.1. The van der Waals surface area contributed by atoms with Crippen LogP contribution in [0.4, 0.5) is 0 Å². The van der Waals surface area contributed by atoms with Gasteiger partial charge >= 0.3 is 0 Å². The van der Waals surface area contributed by atoms with Crippen molar-refractivity contribution in [3.05, 3.63) is 106 Å². The number of carbonyl (C=O) groups excluding carboxylic acids is 2. The second-order valence-electron chi connectivity index (χ2n) is 10.5. The molecule has 42 heavy (non-hydrogen) atoms. The second-order valence-corrected chi connectivity index (χ2v) is 13.1. The van der Waals surface area contributed by atoms with E-state index in [1.165, 1.54) is 9.75 Å². The molecule has 1 aliphatic heterocycles. The maximum absolute atomic E-state index is 13.9. The summed E-state index contributed by atoms with van der Waals surface area (Å²) in [6, 6.07) is 27.7. The van der Waals surface area contributed by atoms with Gasteiger partial charge in [0.05, 0.1) is 43.3 Å².